The maximum atomic E-state index is 11.4. The van der Waals surface area contributed by atoms with Gasteiger partial charge in [-0.2, -0.15) is 0 Å². The van der Waals surface area contributed by atoms with E-state index in [9.17, 15) is 9.59 Å². The first-order valence-electron chi connectivity index (χ1n) is 6.52. The Labute approximate surface area is 107 Å². The van der Waals surface area contributed by atoms with Gasteiger partial charge in [0.25, 0.3) is 0 Å². The summed E-state index contributed by atoms with van der Waals surface area (Å²) in [6.07, 6.45) is 4.69. The molecule has 0 aromatic rings. The van der Waals surface area contributed by atoms with Crippen LogP contribution in [0.3, 0.4) is 0 Å². The minimum atomic E-state index is -1.41. The number of rotatable bonds is 6. The summed E-state index contributed by atoms with van der Waals surface area (Å²) in [5, 5.41) is 22.8. The smallest absolute Gasteiger partial charge is 0.332 e. The summed E-state index contributed by atoms with van der Waals surface area (Å²) >= 11 is 0. The Bertz CT molecular complexity index is 277. The highest BCUT2D eigenvalue weighted by Crippen LogP contribution is 2.22. The molecule has 1 fully saturated rings. The van der Waals surface area contributed by atoms with E-state index in [1.165, 1.54) is 19.3 Å². The minimum absolute atomic E-state index is 0.0200. The van der Waals surface area contributed by atoms with Gasteiger partial charge in [0.1, 0.15) is 0 Å². The molecule has 0 heterocycles. The van der Waals surface area contributed by atoms with Crippen LogP contribution in [-0.4, -0.2) is 41.4 Å². The maximum absolute atomic E-state index is 11.4. The average molecular weight is 258 g/mol. The highest BCUT2D eigenvalue weighted by Gasteiger charge is 2.15. The predicted octanol–water partition coefficient (Wildman–Crippen LogP) is 0.701. The number of carboxylic acid groups (broad SMARTS) is 1. The van der Waals surface area contributed by atoms with E-state index in [1.807, 2.05) is 0 Å². The molecule has 6 heteroatoms. The molecule has 6 nitrogen and oxygen atoms in total. The van der Waals surface area contributed by atoms with Gasteiger partial charge in [-0.15, -0.1) is 0 Å². The number of urea groups is 1. The summed E-state index contributed by atoms with van der Waals surface area (Å²) < 4.78 is 0. The molecule has 1 aliphatic rings. The van der Waals surface area contributed by atoms with Crippen molar-refractivity contribution in [2.45, 2.75) is 44.6 Å². The van der Waals surface area contributed by atoms with Gasteiger partial charge < -0.3 is 20.8 Å². The average Bonchev–Trinajstić information content (AvgIpc) is 2.37. The third kappa shape index (κ3) is 5.86. The van der Waals surface area contributed by atoms with Gasteiger partial charge in [-0.25, -0.2) is 9.59 Å². The van der Waals surface area contributed by atoms with Crippen molar-refractivity contribution in [3.8, 4) is 0 Å². The van der Waals surface area contributed by atoms with Gasteiger partial charge in [0.2, 0.25) is 0 Å². The molecule has 0 bridgehead atoms. The van der Waals surface area contributed by atoms with Gasteiger partial charge in [-0.1, -0.05) is 19.3 Å². The van der Waals surface area contributed by atoms with Gasteiger partial charge in [0.15, 0.2) is 6.10 Å². The number of amides is 2. The molecule has 1 rings (SSSR count). The van der Waals surface area contributed by atoms with Gasteiger partial charge in [-0.05, 0) is 18.8 Å². The summed E-state index contributed by atoms with van der Waals surface area (Å²) in [5.74, 6) is -0.700. The van der Waals surface area contributed by atoms with Gasteiger partial charge in [0, 0.05) is 19.5 Å². The SMILES string of the molecule is O=C(NCCC(O)C(=O)O)NCC1CCCCC1. The standard InChI is InChI=1S/C12H22N2O4/c15-10(11(16)17)6-7-13-12(18)14-8-9-4-2-1-3-5-9/h9-10,15H,1-8H2,(H,16,17)(H2,13,14,18). The molecule has 0 radical (unpaired) electrons. The van der Waals surface area contributed by atoms with Gasteiger partial charge >= 0.3 is 12.0 Å². The molecule has 104 valence electrons. The van der Waals surface area contributed by atoms with Crippen molar-refractivity contribution in [3.05, 3.63) is 0 Å². The van der Waals surface area contributed by atoms with Crippen molar-refractivity contribution in [2.24, 2.45) is 5.92 Å². The van der Waals surface area contributed by atoms with Crippen molar-refractivity contribution < 1.29 is 19.8 Å². The van der Waals surface area contributed by atoms with E-state index >= 15 is 0 Å². The molecule has 4 N–H and O–H groups in total. The minimum Gasteiger partial charge on any atom is -0.479 e. The molecule has 18 heavy (non-hydrogen) atoms. The number of nitrogens with one attached hydrogen (secondary N) is 2. The number of hydrogen-bond acceptors (Lipinski definition) is 3. The molecule has 1 unspecified atom stereocenters. The lowest BCUT2D eigenvalue weighted by Gasteiger charge is -2.21. The van der Waals surface area contributed by atoms with Crippen LogP contribution < -0.4 is 10.6 Å². The van der Waals surface area contributed by atoms with E-state index in [2.05, 4.69) is 10.6 Å². The molecule has 1 atom stereocenters. The molecule has 0 spiro atoms. The lowest BCUT2D eigenvalue weighted by Crippen LogP contribution is -2.40. The summed E-state index contributed by atoms with van der Waals surface area (Å²) in [7, 11) is 0. The van der Waals surface area contributed by atoms with Crippen LogP contribution in [0.2, 0.25) is 0 Å². The highest BCUT2D eigenvalue weighted by molar-refractivity contribution is 5.74. The maximum Gasteiger partial charge on any atom is 0.332 e. The molecule has 0 aromatic heterocycles. The summed E-state index contributed by atoms with van der Waals surface area (Å²) in [6, 6.07) is -0.293. The topological polar surface area (TPSA) is 98.7 Å². The van der Waals surface area contributed by atoms with E-state index < -0.39 is 12.1 Å². The van der Waals surface area contributed by atoms with Crippen molar-refractivity contribution >= 4 is 12.0 Å². The molecule has 0 saturated heterocycles. The van der Waals surface area contributed by atoms with Crippen LogP contribution >= 0.6 is 0 Å². The third-order valence-electron chi connectivity index (χ3n) is 3.26. The largest absolute Gasteiger partial charge is 0.479 e. The van der Waals surface area contributed by atoms with Gasteiger partial charge in [0.05, 0.1) is 0 Å². The number of carbonyl (C=O) groups is 2. The monoisotopic (exact) mass is 258 g/mol. The second kappa shape index (κ2) is 7.92. The first kappa shape index (κ1) is 14.8. The summed E-state index contributed by atoms with van der Waals surface area (Å²) in [6.45, 7) is 0.831. The Morgan fingerprint density at radius 3 is 2.44 bits per heavy atom. The quantitative estimate of drug-likeness (QED) is 0.563. The first-order chi connectivity index (χ1) is 8.59. The molecule has 2 amide bonds. The number of aliphatic hydroxyl groups is 1. The van der Waals surface area contributed by atoms with Crippen LogP contribution in [0, 0.1) is 5.92 Å². The number of carboxylic acids is 1. The summed E-state index contributed by atoms with van der Waals surface area (Å²) in [4.78, 5) is 21.7. The fourth-order valence-corrected chi connectivity index (χ4v) is 2.14. The Kier molecular flexibility index (Phi) is 6.49. The number of aliphatic hydroxyl groups excluding tert-OH is 1. The van der Waals surface area contributed by atoms with Crippen LogP contribution in [-0.2, 0) is 4.79 Å². The van der Waals surface area contributed by atoms with Crippen LogP contribution in [0.5, 0.6) is 0 Å². The zero-order valence-corrected chi connectivity index (χ0v) is 10.5. The molecule has 1 aliphatic carbocycles. The van der Waals surface area contributed by atoms with E-state index in [0.29, 0.717) is 12.5 Å². The van der Waals surface area contributed by atoms with E-state index in [4.69, 9.17) is 10.2 Å². The van der Waals surface area contributed by atoms with E-state index in [0.717, 1.165) is 12.8 Å². The zero-order valence-electron chi connectivity index (χ0n) is 10.5. The van der Waals surface area contributed by atoms with Crippen molar-refractivity contribution in [2.75, 3.05) is 13.1 Å². The molecule has 0 aromatic carbocycles. The molecular formula is C12H22N2O4. The Morgan fingerprint density at radius 1 is 1.17 bits per heavy atom. The second-order valence-corrected chi connectivity index (χ2v) is 4.78. The first-order valence-corrected chi connectivity index (χ1v) is 6.52. The number of carbonyl (C=O) groups excluding carboxylic acids is 1. The van der Waals surface area contributed by atoms with Crippen LogP contribution in [0.4, 0.5) is 4.79 Å². The third-order valence-corrected chi connectivity index (χ3v) is 3.26. The summed E-state index contributed by atoms with van der Waals surface area (Å²) in [5.41, 5.74) is 0. The van der Waals surface area contributed by atoms with E-state index in [1.54, 1.807) is 0 Å². The van der Waals surface area contributed by atoms with Crippen LogP contribution in [0.15, 0.2) is 0 Å². The second-order valence-electron chi connectivity index (χ2n) is 4.78. The fourth-order valence-electron chi connectivity index (χ4n) is 2.14. The lowest BCUT2D eigenvalue weighted by atomic mass is 9.89. The molecule has 1 saturated carbocycles. The zero-order chi connectivity index (χ0) is 13.4. The van der Waals surface area contributed by atoms with Crippen LogP contribution in [0.1, 0.15) is 38.5 Å². The Morgan fingerprint density at radius 2 is 1.83 bits per heavy atom. The van der Waals surface area contributed by atoms with Crippen molar-refractivity contribution in [3.63, 3.8) is 0 Å². The van der Waals surface area contributed by atoms with Crippen molar-refractivity contribution in [1.29, 1.82) is 0 Å². The Balaban J connectivity index is 2.04. The highest BCUT2D eigenvalue weighted by atomic mass is 16.4. The Hall–Kier alpha value is -1.30. The normalized spacial score (nSPS) is 18.1. The van der Waals surface area contributed by atoms with Crippen molar-refractivity contribution in [1.82, 2.24) is 10.6 Å². The van der Waals surface area contributed by atoms with E-state index in [-0.39, 0.29) is 19.0 Å². The van der Waals surface area contributed by atoms with Crippen LogP contribution in [0.25, 0.3) is 0 Å². The molecular weight excluding hydrogens is 236 g/mol. The fraction of sp³-hybridized carbons (Fsp3) is 0.833. The number of hydrogen-bond donors (Lipinski definition) is 4. The lowest BCUT2D eigenvalue weighted by molar-refractivity contribution is -0.146. The number of aliphatic carboxylic acids is 1. The molecule has 0 aliphatic heterocycles. The van der Waals surface area contributed by atoms with Gasteiger partial charge in [-0.3, -0.25) is 0 Å². The predicted molar refractivity (Wildman–Crippen MR) is 66.2 cm³/mol.